The van der Waals surface area contributed by atoms with E-state index in [4.69, 9.17) is 0 Å². The predicted octanol–water partition coefficient (Wildman–Crippen LogP) is 2.39. The second kappa shape index (κ2) is 4.08. The fourth-order valence-corrected chi connectivity index (χ4v) is 3.41. The molecule has 2 heterocycles. The van der Waals surface area contributed by atoms with Crippen molar-refractivity contribution in [3.63, 3.8) is 0 Å². The third-order valence-corrected chi connectivity index (χ3v) is 4.37. The Kier molecular flexibility index (Phi) is 2.39. The number of fused-ring (bicyclic) bond motifs is 3. The lowest BCUT2D eigenvalue weighted by Crippen LogP contribution is -2.42. The molecule has 2 aliphatic rings. The molecule has 18 heavy (non-hydrogen) atoms. The van der Waals surface area contributed by atoms with Gasteiger partial charge in [-0.1, -0.05) is 36.4 Å². The molecule has 92 valence electrons. The summed E-state index contributed by atoms with van der Waals surface area (Å²) in [7, 11) is 0. The van der Waals surface area contributed by atoms with Crippen LogP contribution in [0.5, 0.6) is 0 Å². The molecule has 0 aromatic heterocycles. The lowest BCUT2D eigenvalue weighted by Gasteiger charge is -2.27. The number of rotatable bonds is 2. The van der Waals surface area contributed by atoms with Gasteiger partial charge in [-0.05, 0) is 28.8 Å². The molecule has 2 fully saturated rings. The van der Waals surface area contributed by atoms with Gasteiger partial charge in [0.15, 0.2) is 0 Å². The topological polar surface area (TPSA) is 15.3 Å². The van der Waals surface area contributed by atoms with E-state index in [1.165, 1.54) is 35.8 Å². The highest BCUT2D eigenvalue weighted by molar-refractivity contribution is 5.82. The quantitative estimate of drug-likeness (QED) is 0.864. The molecule has 2 bridgehead atoms. The molecule has 0 unspecified atom stereocenters. The molecule has 0 radical (unpaired) electrons. The Morgan fingerprint density at radius 1 is 1.11 bits per heavy atom. The summed E-state index contributed by atoms with van der Waals surface area (Å²) in [6.07, 6.45) is 1.34. The summed E-state index contributed by atoms with van der Waals surface area (Å²) < 4.78 is 0. The molecule has 2 atom stereocenters. The molecule has 4 rings (SSSR count). The molecule has 2 aromatic carbocycles. The van der Waals surface area contributed by atoms with Gasteiger partial charge in [-0.3, -0.25) is 4.90 Å². The van der Waals surface area contributed by atoms with Gasteiger partial charge in [-0.25, -0.2) is 0 Å². The molecule has 2 aliphatic heterocycles. The summed E-state index contributed by atoms with van der Waals surface area (Å²) in [6, 6.07) is 17.0. The van der Waals surface area contributed by atoms with E-state index < -0.39 is 0 Å². The van der Waals surface area contributed by atoms with Gasteiger partial charge in [0.2, 0.25) is 0 Å². The minimum Gasteiger partial charge on any atom is -0.311 e. The molecule has 0 aliphatic carbocycles. The average molecular weight is 238 g/mol. The van der Waals surface area contributed by atoms with Crippen LogP contribution >= 0.6 is 0 Å². The van der Waals surface area contributed by atoms with E-state index in [2.05, 4.69) is 52.7 Å². The molecular weight excluding hydrogens is 220 g/mol. The Morgan fingerprint density at radius 2 is 2.00 bits per heavy atom. The number of hydrogen-bond donors (Lipinski definition) is 1. The predicted molar refractivity (Wildman–Crippen MR) is 74.6 cm³/mol. The zero-order chi connectivity index (χ0) is 11.9. The minimum atomic E-state index is 0.746. The van der Waals surface area contributed by atoms with Crippen LogP contribution in [0.1, 0.15) is 12.0 Å². The van der Waals surface area contributed by atoms with E-state index in [0.717, 1.165) is 18.6 Å². The Bertz CT molecular complexity index is 578. The van der Waals surface area contributed by atoms with Gasteiger partial charge in [0.1, 0.15) is 0 Å². The summed E-state index contributed by atoms with van der Waals surface area (Å²) in [6.45, 7) is 3.50. The second-order valence-corrected chi connectivity index (χ2v) is 5.61. The van der Waals surface area contributed by atoms with Crippen molar-refractivity contribution in [2.24, 2.45) is 0 Å². The van der Waals surface area contributed by atoms with Crippen molar-refractivity contribution in [2.75, 3.05) is 13.1 Å². The number of nitrogens with zero attached hydrogens (tertiary/aromatic N) is 1. The van der Waals surface area contributed by atoms with Crippen LogP contribution < -0.4 is 5.32 Å². The van der Waals surface area contributed by atoms with Gasteiger partial charge in [-0.2, -0.15) is 0 Å². The number of benzene rings is 2. The maximum atomic E-state index is 3.56. The Hall–Kier alpha value is -1.38. The standard InChI is InChI=1S/C16H18N2/c1-2-4-14-7-12(5-6-13(14)3-1)10-18-11-15-8-16(18)9-17-15/h1-7,15-17H,8-11H2/t15-,16+/m1/s1. The molecule has 1 N–H and O–H groups in total. The molecule has 2 heteroatoms. The highest BCUT2D eigenvalue weighted by atomic mass is 15.3. The van der Waals surface area contributed by atoms with Crippen molar-refractivity contribution in [3.8, 4) is 0 Å². The van der Waals surface area contributed by atoms with Crippen LogP contribution in [0.15, 0.2) is 42.5 Å². The molecule has 0 saturated carbocycles. The van der Waals surface area contributed by atoms with Gasteiger partial charge in [0, 0.05) is 31.7 Å². The van der Waals surface area contributed by atoms with Crippen molar-refractivity contribution >= 4 is 10.8 Å². The van der Waals surface area contributed by atoms with Gasteiger partial charge >= 0.3 is 0 Å². The molecule has 0 amide bonds. The molecular formula is C16H18N2. The van der Waals surface area contributed by atoms with Crippen molar-refractivity contribution in [2.45, 2.75) is 25.0 Å². The summed E-state index contributed by atoms with van der Waals surface area (Å²) in [4.78, 5) is 2.63. The number of nitrogens with one attached hydrogen (secondary N) is 1. The van der Waals surface area contributed by atoms with E-state index in [0.29, 0.717) is 0 Å². The lowest BCUT2D eigenvalue weighted by molar-refractivity contribution is 0.218. The highest BCUT2D eigenvalue weighted by Crippen LogP contribution is 2.26. The second-order valence-electron chi connectivity index (χ2n) is 5.61. The molecule has 2 saturated heterocycles. The third kappa shape index (κ3) is 1.73. The first kappa shape index (κ1) is 10.5. The van der Waals surface area contributed by atoms with E-state index >= 15 is 0 Å². The Balaban J connectivity index is 1.59. The first-order valence-corrected chi connectivity index (χ1v) is 6.83. The van der Waals surface area contributed by atoms with Gasteiger partial charge < -0.3 is 5.32 Å². The summed E-state index contributed by atoms with van der Waals surface area (Å²) in [5, 5.41) is 6.26. The van der Waals surface area contributed by atoms with Crippen LogP contribution in [0.25, 0.3) is 10.8 Å². The first-order valence-electron chi connectivity index (χ1n) is 6.83. The largest absolute Gasteiger partial charge is 0.311 e. The smallest absolute Gasteiger partial charge is 0.0240 e. The third-order valence-electron chi connectivity index (χ3n) is 4.37. The van der Waals surface area contributed by atoms with Crippen LogP contribution in [0.3, 0.4) is 0 Å². The fourth-order valence-electron chi connectivity index (χ4n) is 3.41. The summed E-state index contributed by atoms with van der Waals surface area (Å²) in [5.74, 6) is 0. The van der Waals surface area contributed by atoms with Gasteiger partial charge in [0.25, 0.3) is 0 Å². The zero-order valence-corrected chi connectivity index (χ0v) is 10.5. The molecule has 2 aromatic rings. The van der Waals surface area contributed by atoms with Crippen molar-refractivity contribution < 1.29 is 0 Å². The van der Waals surface area contributed by atoms with E-state index in [9.17, 15) is 0 Å². The number of hydrogen-bond acceptors (Lipinski definition) is 2. The monoisotopic (exact) mass is 238 g/mol. The van der Waals surface area contributed by atoms with Crippen LogP contribution in [-0.4, -0.2) is 30.1 Å². The SMILES string of the molecule is c1ccc2cc(CN3C[C@H]4C[C@H]3CN4)ccc2c1. The average Bonchev–Trinajstić information content (AvgIpc) is 3.01. The lowest BCUT2D eigenvalue weighted by atomic mass is 10.1. The summed E-state index contributed by atoms with van der Waals surface area (Å²) in [5.41, 5.74) is 1.45. The van der Waals surface area contributed by atoms with Crippen molar-refractivity contribution in [3.05, 3.63) is 48.0 Å². The zero-order valence-electron chi connectivity index (χ0n) is 10.5. The van der Waals surface area contributed by atoms with E-state index in [-0.39, 0.29) is 0 Å². The Labute approximate surface area is 108 Å². The maximum Gasteiger partial charge on any atom is 0.0240 e. The first-order chi connectivity index (χ1) is 8.88. The van der Waals surface area contributed by atoms with Crippen molar-refractivity contribution in [1.29, 1.82) is 0 Å². The normalized spacial score (nSPS) is 27.1. The number of likely N-dealkylation sites (tertiary alicyclic amines) is 1. The van der Waals surface area contributed by atoms with Crippen molar-refractivity contribution in [1.82, 2.24) is 10.2 Å². The summed E-state index contributed by atoms with van der Waals surface area (Å²) >= 11 is 0. The van der Waals surface area contributed by atoms with E-state index in [1.807, 2.05) is 0 Å². The van der Waals surface area contributed by atoms with Crippen LogP contribution in [-0.2, 0) is 6.54 Å². The van der Waals surface area contributed by atoms with Crippen LogP contribution in [0, 0.1) is 0 Å². The molecule has 0 spiro atoms. The highest BCUT2D eigenvalue weighted by Gasteiger charge is 2.37. The van der Waals surface area contributed by atoms with Crippen LogP contribution in [0.2, 0.25) is 0 Å². The van der Waals surface area contributed by atoms with Crippen LogP contribution in [0.4, 0.5) is 0 Å². The minimum absolute atomic E-state index is 0.746. The number of piperazine rings is 1. The van der Waals surface area contributed by atoms with Gasteiger partial charge in [0.05, 0.1) is 0 Å². The van der Waals surface area contributed by atoms with E-state index in [1.54, 1.807) is 0 Å². The fraction of sp³-hybridized carbons (Fsp3) is 0.375. The maximum absolute atomic E-state index is 3.56. The van der Waals surface area contributed by atoms with Gasteiger partial charge in [-0.15, -0.1) is 0 Å². The Morgan fingerprint density at radius 3 is 2.78 bits per heavy atom. The molecule has 2 nitrogen and oxygen atoms in total.